The first-order valence-electron chi connectivity index (χ1n) is 6.84. The lowest BCUT2D eigenvalue weighted by Gasteiger charge is -2.30. The van der Waals surface area contributed by atoms with E-state index in [1.165, 1.54) is 19.2 Å². The maximum atomic E-state index is 13.6. The zero-order valence-electron chi connectivity index (χ0n) is 11.8. The van der Waals surface area contributed by atoms with Crippen molar-refractivity contribution < 1.29 is 23.8 Å². The molecule has 0 bridgehead atoms. The van der Waals surface area contributed by atoms with Gasteiger partial charge in [-0.25, -0.2) is 4.39 Å². The second kappa shape index (κ2) is 6.56. The van der Waals surface area contributed by atoms with Crippen LogP contribution in [0.25, 0.3) is 0 Å². The van der Waals surface area contributed by atoms with Crippen LogP contribution in [-0.2, 0) is 16.0 Å². The molecule has 0 unspecified atom stereocenters. The maximum Gasteiger partial charge on any atom is 0.308 e. The highest BCUT2D eigenvalue weighted by atomic mass is 19.1. The highest BCUT2D eigenvalue weighted by molar-refractivity contribution is 5.80. The van der Waals surface area contributed by atoms with Crippen LogP contribution in [-0.4, -0.2) is 42.1 Å². The molecule has 0 spiro atoms. The second-order valence-corrected chi connectivity index (χ2v) is 5.16. The van der Waals surface area contributed by atoms with Crippen LogP contribution >= 0.6 is 0 Å². The first-order chi connectivity index (χ1) is 10.0. The molecular weight excluding hydrogens is 277 g/mol. The molecule has 6 heteroatoms. The normalized spacial score (nSPS) is 18.4. The molecule has 0 aliphatic carbocycles. The SMILES string of the molecule is COc1ccc(CC(=O)N2CCC[C@H](C(=O)O)C2)cc1F. The highest BCUT2D eigenvalue weighted by Crippen LogP contribution is 2.20. The summed E-state index contributed by atoms with van der Waals surface area (Å²) in [6.45, 7) is 0.786. The number of methoxy groups -OCH3 is 1. The molecule has 2 rings (SSSR count). The Hall–Kier alpha value is -2.11. The van der Waals surface area contributed by atoms with Crippen LogP contribution in [0.5, 0.6) is 5.75 Å². The van der Waals surface area contributed by atoms with Gasteiger partial charge in [-0.1, -0.05) is 6.07 Å². The van der Waals surface area contributed by atoms with Gasteiger partial charge in [0.2, 0.25) is 5.91 Å². The van der Waals surface area contributed by atoms with E-state index in [0.717, 1.165) is 0 Å². The summed E-state index contributed by atoms with van der Waals surface area (Å²) in [5.74, 6) is -1.93. The van der Waals surface area contributed by atoms with Crippen LogP contribution in [0.3, 0.4) is 0 Å². The lowest BCUT2D eigenvalue weighted by molar-refractivity contribution is -0.145. The van der Waals surface area contributed by atoms with Crippen molar-refractivity contribution in [2.45, 2.75) is 19.3 Å². The van der Waals surface area contributed by atoms with Crippen molar-refractivity contribution >= 4 is 11.9 Å². The van der Waals surface area contributed by atoms with Gasteiger partial charge >= 0.3 is 5.97 Å². The Morgan fingerprint density at radius 1 is 1.48 bits per heavy atom. The molecule has 5 nitrogen and oxygen atoms in total. The summed E-state index contributed by atoms with van der Waals surface area (Å²) in [6, 6.07) is 4.39. The molecule has 0 saturated carbocycles. The van der Waals surface area contributed by atoms with Crippen LogP contribution in [0.1, 0.15) is 18.4 Å². The van der Waals surface area contributed by atoms with Crippen molar-refractivity contribution in [3.05, 3.63) is 29.6 Å². The topological polar surface area (TPSA) is 66.8 Å². The van der Waals surface area contributed by atoms with Crippen molar-refractivity contribution in [2.24, 2.45) is 5.92 Å². The Morgan fingerprint density at radius 3 is 2.86 bits per heavy atom. The molecule has 1 aromatic carbocycles. The smallest absolute Gasteiger partial charge is 0.308 e. The molecule has 1 saturated heterocycles. The van der Waals surface area contributed by atoms with E-state index in [-0.39, 0.29) is 24.6 Å². The predicted molar refractivity (Wildman–Crippen MR) is 73.6 cm³/mol. The van der Waals surface area contributed by atoms with E-state index in [9.17, 15) is 14.0 Å². The lowest BCUT2D eigenvalue weighted by atomic mass is 9.97. The molecule has 21 heavy (non-hydrogen) atoms. The minimum absolute atomic E-state index is 0.0628. The number of benzene rings is 1. The Balaban J connectivity index is 2.00. The molecule has 1 N–H and O–H groups in total. The van der Waals surface area contributed by atoms with Crippen molar-refractivity contribution in [3.8, 4) is 5.75 Å². The molecule has 1 atom stereocenters. The van der Waals surface area contributed by atoms with Crippen molar-refractivity contribution in [3.63, 3.8) is 0 Å². The van der Waals surface area contributed by atoms with E-state index in [4.69, 9.17) is 9.84 Å². The third-order valence-corrected chi connectivity index (χ3v) is 3.69. The molecule has 1 fully saturated rings. The fourth-order valence-corrected chi connectivity index (χ4v) is 2.51. The van der Waals surface area contributed by atoms with E-state index < -0.39 is 17.7 Å². The van der Waals surface area contributed by atoms with Crippen LogP contribution in [0, 0.1) is 11.7 Å². The summed E-state index contributed by atoms with van der Waals surface area (Å²) in [4.78, 5) is 24.7. The van der Waals surface area contributed by atoms with Crippen LogP contribution in [0.15, 0.2) is 18.2 Å². The molecule has 114 valence electrons. The lowest BCUT2D eigenvalue weighted by Crippen LogP contribution is -2.43. The Kier molecular flexibility index (Phi) is 4.77. The summed E-state index contributed by atoms with van der Waals surface area (Å²) in [5, 5.41) is 9.02. The van der Waals surface area contributed by atoms with Gasteiger partial charge in [0.05, 0.1) is 19.4 Å². The monoisotopic (exact) mass is 295 g/mol. The van der Waals surface area contributed by atoms with E-state index >= 15 is 0 Å². The van der Waals surface area contributed by atoms with Crippen LogP contribution in [0.2, 0.25) is 0 Å². The highest BCUT2D eigenvalue weighted by Gasteiger charge is 2.28. The Morgan fingerprint density at radius 2 is 2.24 bits per heavy atom. The average Bonchev–Trinajstić information content (AvgIpc) is 2.47. The number of amides is 1. The van der Waals surface area contributed by atoms with Crippen molar-refractivity contribution in [1.29, 1.82) is 0 Å². The number of aliphatic carboxylic acids is 1. The molecule has 1 aromatic rings. The maximum absolute atomic E-state index is 13.6. The standard InChI is InChI=1S/C15H18FNO4/c1-21-13-5-4-10(7-12(13)16)8-14(18)17-6-2-3-11(9-17)15(19)20/h4-5,7,11H,2-3,6,8-9H2,1H3,(H,19,20)/t11-/m0/s1. The van der Waals surface area contributed by atoms with Crippen LogP contribution in [0.4, 0.5) is 4.39 Å². The van der Waals surface area contributed by atoms with Gasteiger partial charge in [0.1, 0.15) is 0 Å². The number of carbonyl (C=O) groups excluding carboxylic acids is 1. The average molecular weight is 295 g/mol. The summed E-state index contributed by atoms with van der Waals surface area (Å²) < 4.78 is 18.4. The molecule has 1 aliphatic heterocycles. The summed E-state index contributed by atoms with van der Waals surface area (Å²) in [7, 11) is 1.38. The van der Waals surface area contributed by atoms with Gasteiger partial charge in [-0.2, -0.15) is 0 Å². The number of hydrogen-bond donors (Lipinski definition) is 1. The quantitative estimate of drug-likeness (QED) is 0.918. The van der Waals surface area contributed by atoms with E-state index in [0.29, 0.717) is 24.9 Å². The fourth-order valence-electron chi connectivity index (χ4n) is 2.51. The van der Waals surface area contributed by atoms with Gasteiger partial charge in [0, 0.05) is 13.1 Å². The Bertz CT molecular complexity index is 546. The molecule has 1 amide bonds. The number of likely N-dealkylation sites (tertiary alicyclic amines) is 1. The van der Waals surface area contributed by atoms with Crippen molar-refractivity contribution in [2.75, 3.05) is 20.2 Å². The summed E-state index contributed by atoms with van der Waals surface area (Å²) in [6.07, 6.45) is 1.34. The largest absolute Gasteiger partial charge is 0.494 e. The number of carboxylic acid groups (broad SMARTS) is 1. The second-order valence-electron chi connectivity index (χ2n) is 5.16. The van der Waals surface area contributed by atoms with Gasteiger partial charge in [0.15, 0.2) is 11.6 Å². The van der Waals surface area contributed by atoms with Gasteiger partial charge < -0.3 is 14.7 Å². The molecule has 0 aromatic heterocycles. The van der Waals surface area contributed by atoms with Gasteiger partial charge in [-0.3, -0.25) is 9.59 Å². The van der Waals surface area contributed by atoms with E-state index in [1.54, 1.807) is 11.0 Å². The minimum atomic E-state index is -0.872. The van der Waals surface area contributed by atoms with E-state index in [1.807, 2.05) is 0 Å². The number of carbonyl (C=O) groups is 2. The Labute approximate surface area is 122 Å². The molecule has 1 heterocycles. The third kappa shape index (κ3) is 3.71. The van der Waals surface area contributed by atoms with Gasteiger partial charge in [0.25, 0.3) is 0 Å². The van der Waals surface area contributed by atoms with Crippen LogP contribution < -0.4 is 4.74 Å². The minimum Gasteiger partial charge on any atom is -0.494 e. The first kappa shape index (κ1) is 15.3. The predicted octanol–water partition coefficient (Wildman–Crippen LogP) is 1.70. The molecule has 1 aliphatic rings. The number of halogens is 1. The van der Waals surface area contributed by atoms with E-state index in [2.05, 4.69) is 0 Å². The van der Waals surface area contributed by atoms with Crippen molar-refractivity contribution in [1.82, 2.24) is 4.90 Å². The first-order valence-corrected chi connectivity index (χ1v) is 6.84. The number of hydrogen-bond acceptors (Lipinski definition) is 3. The molecule has 0 radical (unpaired) electrons. The summed E-state index contributed by atoms with van der Waals surface area (Å²) in [5.41, 5.74) is 0.552. The number of piperidine rings is 1. The van der Waals surface area contributed by atoms with Gasteiger partial charge in [-0.05, 0) is 30.5 Å². The fraction of sp³-hybridized carbons (Fsp3) is 0.467. The number of carboxylic acids is 1. The number of rotatable bonds is 4. The summed E-state index contributed by atoms with van der Waals surface area (Å²) >= 11 is 0. The molecular formula is C15H18FNO4. The third-order valence-electron chi connectivity index (χ3n) is 3.69. The zero-order valence-corrected chi connectivity index (χ0v) is 11.8. The van der Waals surface area contributed by atoms with Gasteiger partial charge in [-0.15, -0.1) is 0 Å². The number of ether oxygens (including phenoxy) is 1. The zero-order chi connectivity index (χ0) is 15.4. The number of nitrogens with zero attached hydrogens (tertiary/aromatic N) is 1.